The Kier molecular flexibility index (Phi) is 7.67. The number of anilines is 2. The molecule has 0 saturated heterocycles. The largest absolute Gasteiger partial charge is 0.478 e. The second-order valence-electron chi connectivity index (χ2n) is 6.03. The molecule has 0 amide bonds. The van der Waals surface area contributed by atoms with Gasteiger partial charge in [0.2, 0.25) is 10.0 Å². The van der Waals surface area contributed by atoms with Crippen molar-refractivity contribution in [2.24, 2.45) is 10.2 Å². The molecule has 12 nitrogen and oxygen atoms in total. The fraction of sp³-hybridized carbons (Fsp3) is 0.235. The quantitative estimate of drug-likeness (QED) is 0.346. The van der Waals surface area contributed by atoms with Crippen molar-refractivity contribution in [3.63, 3.8) is 0 Å². The Morgan fingerprint density at radius 2 is 1.65 bits per heavy atom. The summed E-state index contributed by atoms with van der Waals surface area (Å²) in [6.45, 7) is -0.734. The Morgan fingerprint density at radius 3 is 2.19 bits per heavy atom. The summed E-state index contributed by atoms with van der Waals surface area (Å²) in [5.74, 6) is -1.78. The van der Waals surface area contributed by atoms with Crippen molar-refractivity contribution in [2.75, 3.05) is 36.1 Å². The van der Waals surface area contributed by atoms with Gasteiger partial charge in [-0.3, -0.25) is 8.86 Å². The highest BCUT2D eigenvalue weighted by molar-refractivity contribution is 7.92. The maximum atomic E-state index is 12.2. The third-order valence-electron chi connectivity index (χ3n) is 3.99. The van der Waals surface area contributed by atoms with Crippen molar-refractivity contribution < 1.29 is 35.5 Å². The molecule has 0 spiro atoms. The Hall–Kier alpha value is -3.07. The minimum absolute atomic E-state index is 0.0408. The van der Waals surface area contributed by atoms with Crippen LogP contribution in [0.1, 0.15) is 10.4 Å². The lowest BCUT2D eigenvalue weighted by atomic mass is 10.1. The van der Waals surface area contributed by atoms with Gasteiger partial charge in [0, 0.05) is 19.8 Å². The van der Waals surface area contributed by atoms with Crippen molar-refractivity contribution in [1.82, 2.24) is 0 Å². The minimum Gasteiger partial charge on any atom is -0.478 e. The number of aromatic carboxylic acids is 1. The summed E-state index contributed by atoms with van der Waals surface area (Å²) in [5.41, 5.74) is 1.45. The van der Waals surface area contributed by atoms with E-state index in [0.29, 0.717) is 17.1 Å². The highest BCUT2D eigenvalue weighted by Gasteiger charge is 2.20. The molecular weight excluding hydrogens is 452 g/mol. The van der Waals surface area contributed by atoms with E-state index in [9.17, 15) is 26.7 Å². The summed E-state index contributed by atoms with van der Waals surface area (Å²) >= 11 is 0. The molecule has 2 rings (SSSR count). The lowest BCUT2D eigenvalue weighted by Gasteiger charge is -2.19. The number of sulfonamides is 1. The number of azo groups is 1. The van der Waals surface area contributed by atoms with Gasteiger partial charge in [0.25, 0.3) is 0 Å². The van der Waals surface area contributed by atoms with Gasteiger partial charge in [0.1, 0.15) is 0 Å². The third kappa shape index (κ3) is 6.99. The Morgan fingerprint density at radius 1 is 1.06 bits per heavy atom. The maximum Gasteiger partial charge on any atom is 0.397 e. The van der Waals surface area contributed by atoms with Crippen molar-refractivity contribution in [3.05, 3.63) is 48.0 Å². The summed E-state index contributed by atoms with van der Waals surface area (Å²) in [4.78, 5) is 11.3. The molecule has 168 valence electrons. The molecule has 31 heavy (non-hydrogen) atoms. The summed E-state index contributed by atoms with van der Waals surface area (Å²) in [5, 5.41) is 20.0. The highest BCUT2D eigenvalue weighted by Crippen LogP contribution is 2.26. The van der Waals surface area contributed by atoms with Crippen LogP contribution in [0.5, 0.6) is 0 Å². The number of nitrogens with zero attached hydrogens (tertiary/aromatic N) is 3. The van der Waals surface area contributed by atoms with Crippen LogP contribution in [-0.4, -0.2) is 58.9 Å². The summed E-state index contributed by atoms with van der Waals surface area (Å²) in [6, 6.07) is 10.4. The zero-order valence-corrected chi connectivity index (χ0v) is 18.1. The fourth-order valence-corrected chi connectivity index (χ4v) is 3.79. The SMILES string of the molecule is CNc1ccc(/N=N/c2ccc(N(C)S(=O)(=O)CCOS(=O)(=O)O)cc2)cc1C(=O)O. The van der Waals surface area contributed by atoms with Crippen molar-refractivity contribution in [2.45, 2.75) is 0 Å². The van der Waals surface area contributed by atoms with Crippen molar-refractivity contribution in [1.29, 1.82) is 0 Å². The van der Waals surface area contributed by atoms with E-state index < -0.39 is 38.8 Å². The second kappa shape index (κ2) is 9.82. The van der Waals surface area contributed by atoms with Gasteiger partial charge in [-0.1, -0.05) is 0 Å². The molecular formula is C17H20N4O8S2. The molecule has 3 N–H and O–H groups in total. The number of hydrogen-bond donors (Lipinski definition) is 3. The van der Waals surface area contributed by atoms with E-state index in [1.807, 2.05) is 0 Å². The van der Waals surface area contributed by atoms with Crippen LogP contribution in [0.2, 0.25) is 0 Å². The number of carboxylic acid groups (broad SMARTS) is 1. The molecule has 0 aliphatic heterocycles. The first-order chi connectivity index (χ1) is 14.4. The first-order valence-electron chi connectivity index (χ1n) is 8.58. The smallest absolute Gasteiger partial charge is 0.397 e. The van der Waals surface area contributed by atoms with E-state index in [2.05, 4.69) is 19.7 Å². The minimum atomic E-state index is -4.73. The van der Waals surface area contributed by atoms with Gasteiger partial charge < -0.3 is 10.4 Å². The number of carbonyl (C=O) groups is 1. The van der Waals surface area contributed by atoms with Crippen LogP contribution in [0, 0.1) is 0 Å². The zero-order valence-electron chi connectivity index (χ0n) is 16.5. The van der Waals surface area contributed by atoms with Crippen LogP contribution >= 0.6 is 0 Å². The lowest BCUT2D eigenvalue weighted by molar-refractivity contribution is 0.0698. The van der Waals surface area contributed by atoms with Crippen LogP contribution in [0.25, 0.3) is 0 Å². The first-order valence-corrected chi connectivity index (χ1v) is 11.6. The van der Waals surface area contributed by atoms with Gasteiger partial charge in [0.05, 0.1) is 35.0 Å². The molecule has 2 aromatic rings. The normalized spacial score (nSPS) is 12.1. The molecule has 14 heteroatoms. The average Bonchev–Trinajstić information content (AvgIpc) is 2.70. The summed E-state index contributed by atoms with van der Waals surface area (Å²) in [6.07, 6.45) is 0. The number of nitrogens with one attached hydrogen (secondary N) is 1. The maximum absolute atomic E-state index is 12.2. The number of hydrogen-bond acceptors (Lipinski definition) is 9. The third-order valence-corrected chi connectivity index (χ3v) is 6.18. The molecule has 0 unspecified atom stereocenters. The Bertz CT molecular complexity index is 1180. The topological polar surface area (TPSA) is 175 Å². The molecule has 0 aromatic heterocycles. The van der Waals surface area contributed by atoms with Gasteiger partial charge >= 0.3 is 16.4 Å². The van der Waals surface area contributed by atoms with E-state index in [1.165, 1.54) is 37.4 Å². The lowest BCUT2D eigenvalue weighted by Crippen LogP contribution is -2.31. The molecule has 0 atom stereocenters. The van der Waals surface area contributed by atoms with Gasteiger partial charge in [-0.05, 0) is 42.5 Å². The van der Waals surface area contributed by atoms with Gasteiger partial charge in [0.15, 0.2) is 0 Å². The fourth-order valence-electron chi connectivity index (χ4n) is 2.38. The number of rotatable bonds is 10. The average molecular weight is 473 g/mol. The van der Waals surface area contributed by atoms with E-state index in [4.69, 9.17) is 4.55 Å². The van der Waals surface area contributed by atoms with Crippen LogP contribution in [-0.2, 0) is 24.6 Å². The van der Waals surface area contributed by atoms with E-state index in [-0.39, 0.29) is 11.3 Å². The molecule has 2 aromatic carbocycles. The van der Waals surface area contributed by atoms with E-state index in [0.717, 1.165) is 4.31 Å². The van der Waals surface area contributed by atoms with E-state index in [1.54, 1.807) is 19.2 Å². The van der Waals surface area contributed by atoms with Crippen molar-refractivity contribution >= 4 is 49.1 Å². The highest BCUT2D eigenvalue weighted by atomic mass is 32.3. The molecule has 0 radical (unpaired) electrons. The van der Waals surface area contributed by atoms with Crippen LogP contribution in [0.4, 0.5) is 22.7 Å². The zero-order chi connectivity index (χ0) is 23.2. The van der Waals surface area contributed by atoms with Gasteiger partial charge in [-0.2, -0.15) is 18.6 Å². The van der Waals surface area contributed by atoms with Crippen LogP contribution < -0.4 is 9.62 Å². The van der Waals surface area contributed by atoms with Crippen molar-refractivity contribution in [3.8, 4) is 0 Å². The standard InChI is InChI=1S/C17H20N4O8S2/c1-18-16-8-5-13(11-15(16)17(22)23)20-19-12-3-6-14(7-4-12)21(2)30(24,25)10-9-29-31(26,27)28/h3-8,11,18H,9-10H2,1-2H3,(H,22,23)(H,26,27,28)/b20-19+. The van der Waals surface area contributed by atoms with Crippen LogP contribution in [0.3, 0.4) is 0 Å². The first kappa shape index (κ1) is 24.2. The van der Waals surface area contributed by atoms with Gasteiger partial charge in [-0.15, -0.1) is 0 Å². The predicted octanol–water partition coefficient (Wildman–Crippen LogP) is 2.43. The Balaban J connectivity index is 2.11. The van der Waals surface area contributed by atoms with Gasteiger partial charge in [-0.25, -0.2) is 17.4 Å². The van der Waals surface area contributed by atoms with Crippen LogP contribution in [0.15, 0.2) is 52.7 Å². The molecule has 0 saturated carbocycles. The summed E-state index contributed by atoms with van der Waals surface area (Å²) in [7, 11) is -5.76. The molecule has 0 fully saturated rings. The monoisotopic (exact) mass is 472 g/mol. The second-order valence-corrected chi connectivity index (χ2v) is 9.25. The number of benzene rings is 2. The molecule has 0 aliphatic carbocycles. The molecule has 0 bridgehead atoms. The molecule has 0 aliphatic rings. The molecule has 0 heterocycles. The predicted molar refractivity (Wildman–Crippen MR) is 113 cm³/mol. The van der Waals surface area contributed by atoms with E-state index >= 15 is 0 Å². The number of carboxylic acids is 1. The Labute approximate surface area is 179 Å². The summed E-state index contributed by atoms with van der Waals surface area (Å²) < 4.78 is 58.9.